The van der Waals surface area contributed by atoms with Gasteiger partial charge >= 0.3 is 0 Å². The summed E-state index contributed by atoms with van der Waals surface area (Å²) < 4.78 is 0. The maximum absolute atomic E-state index is 2.33. The van der Waals surface area contributed by atoms with Crippen molar-refractivity contribution >= 4 is 43.1 Å². The van der Waals surface area contributed by atoms with Gasteiger partial charge in [0.05, 0.1) is 0 Å². The minimum atomic E-state index is 1.30. The molecule has 0 aliphatic heterocycles. The summed E-state index contributed by atoms with van der Waals surface area (Å²) in [6.45, 7) is 0. The molecule has 0 atom stereocenters. The van der Waals surface area contributed by atoms with E-state index in [2.05, 4.69) is 84.9 Å². The quantitative estimate of drug-likeness (QED) is 0.230. The van der Waals surface area contributed by atoms with Crippen molar-refractivity contribution in [3.8, 4) is 0 Å². The van der Waals surface area contributed by atoms with E-state index in [0.29, 0.717) is 0 Å². The minimum Gasteiger partial charge on any atom is -0.0616 e. The standard InChI is InChI=1S/C22H14/c1-2-7-17-12-20-14-22-18(13-19(20)11-16(17)6-1)10-9-15-5-3-4-8-21(15)22/h1-14H. The zero-order chi connectivity index (χ0) is 14.5. The summed E-state index contributed by atoms with van der Waals surface area (Å²) in [5.74, 6) is 0. The van der Waals surface area contributed by atoms with Gasteiger partial charge in [-0.3, -0.25) is 0 Å². The van der Waals surface area contributed by atoms with Gasteiger partial charge in [0, 0.05) is 0 Å². The molecule has 0 amide bonds. The van der Waals surface area contributed by atoms with E-state index in [1.165, 1.54) is 43.1 Å². The number of hydrogen-bond acceptors (Lipinski definition) is 0. The second-order valence-corrected chi connectivity index (χ2v) is 5.91. The molecule has 5 aromatic carbocycles. The lowest BCUT2D eigenvalue weighted by atomic mass is 9.96. The van der Waals surface area contributed by atoms with Gasteiger partial charge in [-0.15, -0.1) is 0 Å². The van der Waals surface area contributed by atoms with Crippen LogP contribution in [-0.2, 0) is 0 Å². The third kappa shape index (κ3) is 1.64. The van der Waals surface area contributed by atoms with Crippen LogP contribution in [0.1, 0.15) is 0 Å². The molecule has 0 fully saturated rings. The molecule has 102 valence electrons. The Hall–Kier alpha value is -2.86. The first-order valence-electron chi connectivity index (χ1n) is 7.62. The number of hydrogen-bond donors (Lipinski definition) is 0. The van der Waals surface area contributed by atoms with E-state index in [-0.39, 0.29) is 0 Å². The van der Waals surface area contributed by atoms with E-state index in [0.717, 1.165) is 0 Å². The Labute approximate surface area is 128 Å². The minimum absolute atomic E-state index is 1.30. The maximum Gasteiger partial charge on any atom is -0.00990 e. The van der Waals surface area contributed by atoms with Crippen LogP contribution in [0, 0.1) is 0 Å². The van der Waals surface area contributed by atoms with E-state index < -0.39 is 0 Å². The van der Waals surface area contributed by atoms with E-state index in [9.17, 15) is 0 Å². The highest BCUT2D eigenvalue weighted by Gasteiger charge is 2.04. The zero-order valence-corrected chi connectivity index (χ0v) is 12.1. The SMILES string of the molecule is c1ccc2cc3cc4c(ccc5ccccc54)cc3cc2c1. The molecule has 0 spiro atoms. The molecule has 0 bridgehead atoms. The summed E-state index contributed by atoms with van der Waals surface area (Å²) in [4.78, 5) is 0. The molecule has 0 saturated heterocycles. The normalized spacial score (nSPS) is 11.6. The molecule has 0 nitrogen and oxygen atoms in total. The Bertz CT molecular complexity index is 1160. The molecule has 0 heterocycles. The Kier molecular flexibility index (Phi) is 2.31. The zero-order valence-electron chi connectivity index (χ0n) is 12.1. The van der Waals surface area contributed by atoms with Crippen LogP contribution >= 0.6 is 0 Å². The van der Waals surface area contributed by atoms with E-state index in [1.54, 1.807) is 0 Å². The van der Waals surface area contributed by atoms with Crippen molar-refractivity contribution in [1.29, 1.82) is 0 Å². The second-order valence-electron chi connectivity index (χ2n) is 5.91. The predicted molar refractivity (Wildman–Crippen MR) is 96.5 cm³/mol. The molecule has 0 saturated carbocycles. The van der Waals surface area contributed by atoms with E-state index >= 15 is 0 Å². The van der Waals surface area contributed by atoms with Crippen molar-refractivity contribution in [1.82, 2.24) is 0 Å². The van der Waals surface area contributed by atoms with Crippen molar-refractivity contribution < 1.29 is 0 Å². The van der Waals surface area contributed by atoms with Gasteiger partial charge in [0.2, 0.25) is 0 Å². The third-order valence-corrected chi connectivity index (χ3v) is 4.57. The van der Waals surface area contributed by atoms with Gasteiger partial charge in [0.1, 0.15) is 0 Å². The first-order valence-corrected chi connectivity index (χ1v) is 7.62. The molecule has 5 aromatic rings. The molecule has 22 heavy (non-hydrogen) atoms. The van der Waals surface area contributed by atoms with Crippen LogP contribution in [0.4, 0.5) is 0 Å². The van der Waals surface area contributed by atoms with Gasteiger partial charge in [-0.05, 0) is 67.4 Å². The molecule has 0 heteroatoms. The van der Waals surface area contributed by atoms with Crippen LogP contribution in [0.15, 0.2) is 84.9 Å². The lowest BCUT2D eigenvalue weighted by Crippen LogP contribution is -1.81. The fourth-order valence-corrected chi connectivity index (χ4v) is 3.45. The molecule has 0 unspecified atom stereocenters. The first-order chi connectivity index (χ1) is 10.9. The van der Waals surface area contributed by atoms with Gasteiger partial charge in [-0.2, -0.15) is 0 Å². The average molecular weight is 278 g/mol. The van der Waals surface area contributed by atoms with Crippen LogP contribution < -0.4 is 0 Å². The molecule has 0 aliphatic rings. The van der Waals surface area contributed by atoms with E-state index in [4.69, 9.17) is 0 Å². The van der Waals surface area contributed by atoms with Crippen LogP contribution in [0.2, 0.25) is 0 Å². The fraction of sp³-hybridized carbons (Fsp3) is 0. The van der Waals surface area contributed by atoms with Crippen LogP contribution in [0.3, 0.4) is 0 Å². The summed E-state index contributed by atoms with van der Waals surface area (Å²) in [7, 11) is 0. The number of benzene rings is 5. The summed E-state index contributed by atoms with van der Waals surface area (Å²) >= 11 is 0. The van der Waals surface area contributed by atoms with Gasteiger partial charge < -0.3 is 0 Å². The third-order valence-electron chi connectivity index (χ3n) is 4.57. The predicted octanol–water partition coefficient (Wildman–Crippen LogP) is 6.30. The molecular formula is C22H14. The van der Waals surface area contributed by atoms with Crippen molar-refractivity contribution in [3.63, 3.8) is 0 Å². The highest BCUT2D eigenvalue weighted by atomic mass is 14.1. The average Bonchev–Trinajstić information content (AvgIpc) is 2.58. The Balaban J connectivity index is 1.98. The van der Waals surface area contributed by atoms with Crippen LogP contribution in [-0.4, -0.2) is 0 Å². The molecular weight excluding hydrogens is 264 g/mol. The summed E-state index contributed by atoms with van der Waals surface area (Å²) in [5, 5.41) is 10.5. The van der Waals surface area contributed by atoms with Crippen LogP contribution in [0.25, 0.3) is 43.1 Å². The summed E-state index contributed by atoms with van der Waals surface area (Å²) in [5.41, 5.74) is 0. The smallest absolute Gasteiger partial charge is 0.00990 e. The maximum atomic E-state index is 2.33. The largest absolute Gasteiger partial charge is 0.0616 e. The van der Waals surface area contributed by atoms with Crippen LogP contribution in [0.5, 0.6) is 0 Å². The van der Waals surface area contributed by atoms with Crippen molar-refractivity contribution in [2.45, 2.75) is 0 Å². The monoisotopic (exact) mass is 278 g/mol. The fourth-order valence-electron chi connectivity index (χ4n) is 3.45. The number of rotatable bonds is 0. The molecule has 0 aromatic heterocycles. The molecule has 0 aliphatic carbocycles. The summed E-state index contributed by atoms with van der Waals surface area (Å²) in [6.07, 6.45) is 0. The van der Waals surface area contributed by atoms with Gasteiger partial charge in [-0.1, -0.05) is 60.7 Å². The van der Waals surface area contributed by atoms with Crippen molar-refractivity contribution in [2.24, 2.45) is 0 Å². The van der Waals surface area contributed by atoms with E-state index in [1.807, 2.05) is 0 Å². The molecule has 5 rings (SSSR count). The Morgan fingerprint density at radius 3 is 1.64 bits per heavy atom. The topological polar surface area (TPSA) is 0 Å². The van der Waals surface area contributed by atoms with Gasteiger partial charge in [0.25, 0.3) is 0 Å². The molecule has 0 N–H and O–H groups in total. The van der Waals surface area contributed by atoms with Gasteiger partial charge in [-0.25, -0.2) is 0 Å². The Morgan fingerprint density at radius 2 is 0.864 bits per heavy atom. The highest BCUT2D eigenvalue weighted by Crippen LogP contribution is 2.31. The summed E-state index contributed by atoms with van der Waals surface area (Å²) in [6, 6.07) is 30.8. The number of fused-ring (bicyclic) bond motifs is 5. The Morgan fingerprint density at radius 1 is 0.318 bits per heavy atom. The lowest BCUT2D eigenvalue weighted by molar-refractivity contribution is 1.78. The highest BCUT2D eigenvalue weighted by molar-refractivity contribution is 6.13. The first kappa shape index (κ1) is 11.8. The van der Waals surface area contributed by atoms with Crippen molar-refractivity contribution in [3.05, 3.63) is 84.9 Å². The second kappa shape index (κ2) is 4.32. The van der Waals surface area contributed by atoms with Gasteiger partial charge in [0.15, 0.2) is 0 Å². The molecule has 0 radical (unpaired) electrons. The van der Waals surface area contributed by atoms with Crippen molar-refractivity contribution in [2.75, 3.05) is 0 Å². The lowest BCUT2D eigenvalue weighted by Gasteiger charge is -2.08.